The molecule has 0 unspecified atom stereocenters. The Balaban J connectivity index is 2.49. The van der Waals surface area contributed by atoms with Gasteiger partial charge in [-0.25, -0.2) is 0 Å². The van der Waals surface area contributed by atoms with Crippen LogP contribution in [0.25, 0.3) is 0 Å². The first-order valence-corrected chi connectivity index (χ1v) is 4.37. The maximum Gasteiger partial charge on any atom is 0.248 e. The van der Waals surface area contributed by atoms with Crippen LogP contribution >= 0.6 is 0 Å². The second kappa shape index (κ2) is 5.34. The minimum absolute atomic E-state index is 0.0434. The van der Waals surface area contributed by atoms with Crippen LogP contribution in [0.1, 0.15) is 5.69 Å². The van der Waals surface area contributed by atoms with Gasteiger partial charge in [0.25, 0.3) is 0 Å². The fraction of sp³-hybridized carbons (Fsp3) is 0.400. The topological polar surface area (TPSA) is 42.4 Å². The first-order chi connectivity index (χ1) is 6.74. The molecular weight excluding hydrogens is 180 g/mol. The van der Waals surface area contributed by atoms with E-state index < -0.39 is 0 Å². The zero-order valence-electron chi connectivity index (χ0n) is 8.43. The van der Waals surface area contributed by atoms with E-state index in [-0.39, 0.29) is 12.5 Å². The van der Waals surface area contributed by atoms with Gasteiger partial charge in [-0.05, 0) is 12.1 Å². The molecule has 0 spiro atoms. The summed E-state index contributed by atoms with van der Waals surface area (Å²) in [6.45, 7) is 0.631. The van der Waals surface area contributed by atoms with E-state index >= 15 is 0 Å². The van der Waals surface area contributed by atoms with Crippen LogP contribution < -0.4 is 0 Å². The number of ether oxygens (including phenoxy) is 1. The van der Waals surface area contributed by atoms with Crippen LogP contribution in [0, 0.1) is 0 Å². The number of amides is 1. The van der Waals surface area contributed by atoms with Crippen molar-refractivity contribution in [2.75, 3.05) is 20.8 Å². The number of rotatable bonds is 4. The number of likely N-dealkylation sites (N-methyl/N-ethyl adjacent to an activating group) is 1. The Bertz CT molecular complexity index is 287. The van der Waals surface area contributed by atoms with Gasteiger partial charge in [-0.1, -0.05) is 6.07 Å². The zero-order chi connectivity index (χ0) is 10.4. The molecule has 0 radical (unpaired) electrons. The van der Waals surface area contributed by atoms with Gasteiger partial charge in [0.15, 0.2) is 0 Å². The molecule has 0 N–H and O–H groups in total. The summed E-state index contributed by atoms with van der Waals surface area (Å²) in [4.78, 5) is 17.0. The third-order valence-corrected chi connectivity index (χ3v) is 1.82. The van der Waals surface area contributed by atoms with Crippen LogP contribution in [0.2, 0.25) is 0 Å². The Kier molecular flexibility index (Phi) is 4.07. The minimum atomic E-state index is -0.0434. The molecule has 1 aromatic rings. The van der Waals surface area contributed by atoms with Gasteiger partial charge in [0.2, 0.25) is 5.91 Å². The van der Waals surface area contributed by atoms with E-state index in [1.165, 1.54) is 7.11 Å². The van der Waals surface area contributed by atoms with E-state index in [9.17, 15) is 4.79 Å². The molecule has 1 aromatic heterocycles. The highest BCUT2D eigenvalue weighted by Crippen LogP contribution is 1.98. The highest BCUT2D eigenvalue weighted by atomic mass is 16.5. The van der Waals surface area contributed by atoms with Gasteiger partial charge in [0.05, 0.1) is 12.2 Å². The molecular formula is C10H14N2O2. The Morgan fingerprint density at radius 2 is 2.36 bits per heavy atom. The summed E-state index contributed by atoms with van der Waals surface area (Å²) in [5.74, 6) is -0.0434. The van der Waals surface area contributed by atoms with Gasteiger partial charge in [0, 0.05) is 20.4 Å². The van der Waals surface area contributed by atoms with Crippen LogP contribution in [0.5, 0.6) is 0 Å². The van der Waals surface area contributed by atoms with Crippen molar-refractivity contribution < 1.29 is 9.53 Å². The highest BCUT2D eigenvalue weighted by molar-refractivity contribution is 5.77. The average Bonchev–Trinajstić information content (AvgIpc) is 2.19. The Morgan fingerprint density at radius 3 is 2.93 bits per heavy atom. The summed E-state index contributed by atoms with van der Waals surface area (Å²) in [7, 11) is 3.24. The Hall–Kier alpha value is -1.42. The van der Waals surface area contributed by atoms with Gasteiger partial charge in [-0.2, -0.15) is 0 Å². The normalized spacial score (nSPS) is 9.86. The molecule has 14 heavy (non-hydrogen) atoms. The maximum absolute atomic E-state index is 11.3. The van der Waals surface area contributed by atoms with Crippen molar-refractivity contribution in [1.82, 2.24) is 9.88 Å². The van der Waals surface area contributed by atoms with Gasteiger partial charge in [-0.15, -0.1) is 0 Å². The molecule has 1 rings (SSSR count). The van der Waals surface area contributed by atoms with Crippen LogP contribution in [0.15, 0.2) is 24.4 Å². The predicted octanol–water partition coefficient (Wildman–Crippen LogP) is 0.686. The van der Waals surface area contributed by atoms with E-state index in [0.29, 0.717) is 6.54 Å². The smallest absolute Gasteiger partial charge is 0.248 e. The second-order valence-electron chi connectivity index (χ2n) is 3.00. The van der Waals surface area contributed by atoms with Crippen LogP contribution in [0.4, 0.5) is 0 Å². The van der Waals surface area contributed by atoms with Crippen molar-refractivity contribution in [2.45, 2.75) is 6.54 Å². The second-order valence-corrected chi connectivity index (χ2v) is 3.00. The van der Waals surface area contributed by atoms with E-state index in [4.69, 9.17) is 4.74 Å². The number of carbonyl (C=O) groups excluding carboxylic acids is 1. The third kappa shape index (κ3) is 3.14. The van der Waals surface area contributed by atoms with Crippen molar-refractivity contribution >= 4 is 5.91 Å². The predicted molar refractivity (Wildman–Crippen MR) is 52.6 cm³/mol. The molecule has 0 aliphatic carbocycles. The number of hydrogen-bond donors (Lipinski definition) is 0. The quantitative estimate of drug-likeness (QED) is 0.708. The van der Waals surface area contributed by atoms with E-state index in [1.54, 1.807) is 18.1 Å². The van der Waals surface area contributed by atoms with E-state index in [0.717, 1.165) is 5.69 Å². The van der Waals surface area contributed by atoms with E-state index in [2.05, 4.69) is 4.98 Å². The molecule has 1 amide bonds. The van der Waals surface area contributed by atoms with Crippen molar-refractivity contribution in [3.05, 3.63) is 30.1 Å². The van der Waals surface area contributed by atoms with Gasteiger partial charge < -0.3 is 9.64 Å². The first-order valence-electron chi connectivity index (χ1n) is 4.37. The van der Waals surface area contributed by atoms with Crippen LogP contribution in [-0.4, -0.2) is 36.6 Å². The SMILES string of the molecule is COCC(=O)N(C)Cc1ccccn1. The zero-order valence-corrected chi connectivity index (χ0v) is 8.43. The van der Waals surface area contributed by atoms with Gasteiger partial charge in [-0.3, -0.25) is 9.78 Å². The number of nitrogens with zero attached hydrogens (tertiary/aromatic N) is 2. The summed E-state index contributed by atoms with van der Waals surface area (Å²) in [6.07, 6.45) is 1.71. The molecule has 0 aliphatic heterocycles. The summed E-state index contributed by atoms with van der Waals surface area (Å²) < 4.78 is 4.75. The third-order valence-electron chi connectivity index (χ3n) is 1.82. The highest BCUT2D eigenvalue weighted by Gasteiger charge is 2.08. The molecule has 0 atom stereocenters. The maximum atomic E-state index is 11.3. The molecule has 0 aliphatic rings. The standard InChI is InChI=1S/C10H14N2O2/c1-12(10(13)8-14-2)7-9-5-3-4-6-11-9/h3-6H,7-8H2,1-2H3. The summed E-state index contributed by atoms with van der Waals surface area (Å²) in [5.41, 5.74) is 0.874. The summed E-state index contributed by atoms with van der Waals surface area (Å²) >= 11 is 0. The number of aromatic nitrogens is 1. The summed E-state index contributed by atoms with van der Waals surface area (Å²) in [5, 5.41) is 0. The van der Waals surface area contributed by atoms with Crippen LogP contribution in [0.3, 0.4) is 0 Å². The van der Waals surface area contributed by atoms with E-state index in [1.807, 2.05) is 18.2 Å². The molecule has 76 valence electrons. The molecule has 0 saturated heterocycles. The molecule has 1 heterocycles. The summed E-state index contributed by atoms with van der Waals surface area (Å²) in [6, 6.07) is 5.63. The lowest BCUT2D eigenvalue weighted by Gasteiger charge is -2.15. The van der Waals surface area contributed by atoms with Crippen molar-refractivity contribution in [3.8, 4) is 0 Å². The molecule has 0 aromatic carbocycles. The number of carbonyl (C=O) groups is 1. The molecule has 0 fully saturated rings. The Morgan fingerprint density at radius 1 is 1.57 bits per heavy atom. The molecule has 4 nitrogen and oxygen atoms in total. The van der Waals surface area contributed by atoms with Gasteiger partial charge >= 0.3 is 0 Å². The molecule has 0 saturated carbocycles. The van der Waals surface area contributed by atoms with Crippen molar-refractivity contribution in [3.63, 3.8) is 0 Å². The fourth-order valence-corrected chi connectivity index (χ4v) is 1.06. The largest absolute Gasteiger partial charge is 0.375 e. The fourth-order valence-electron chi connectivity index (χ4n) is 1.06. The lowest BCUT2D eigenvalue weighted by atomic mass is 10.3. The lowest BCUT2D eigenvalue weighted by molar-refractivity contribution is -0.134. The Labute approximate surface area is 83.5 Å². The lowest BCUT2D eigenvalue weighted by Crippen LogP contribution is -2.29. The van der Waals surface area contributed by atoms with Gasteiger partial charge in [0.1, 0.15) is 6.61 Å². The molecule has 4 heteroatoms. The average molecular weight is 194 g/mol. The number of methoxy groups -OCH3 is 1. The molecule has 0 bridgehead atoms. The van der Waals surface area contributed by atoms with Crippen molar-refractivity contribution in [2.24, 2.45) is 0 Å². The monoisotopic (exact) mass is 194 g/mol. The van der Waals surface area contributed by atoms with Crippen molar-refractivity contribution in [1.29, 1.82) is 0 Å². The van der Waals surface area contributed by atoms with Crippen LogP contribution in [-0.2, 0) is 16.1 Å². The minimum Gasteiger partial charge on any atom is -0.375 e. The number of hydrogen-bond acceptors (Lipinski definition) is 3. The number of pyridine rings is 1. The first kappa shape index (κ1) is 10.7.